The fourth-order valence-electron chi connectivity index (χ4n) is 2.05. The van der Waals surface area contributed by atoms with Crippen LogP contribution in [0, 0.1) is 20.8 Å². The molecule has 0 aliphatic carbocycles. The molecule has 1 heteroatoms. The van der Waals surface area contributed by atoms with Gasteiger partial charge in [0.15, 0.2) is 0 Å². The third-order valence-corrected chi connectivity index (χ3v) is 2.93. The van der Waals surface area contributed by atoms with E-state index >= 15 is 0 Å². The van der Waals surface area contributed by atoms with Crippen LogP contribution < -0.4 is 4.74 Å². The van der Waals surface area contributed by atoms with Gasteiger partial charge in [-0.2, -0.15) is 0 Å². The minimum atomic E-state index is 0.356. The Morgan fingerprint density at radius 2 is 1.92 bits per heavy atom. The van der Waals surface area contributed by atoms with Crippen LogP contribution in [0.1, 0.15) is 29.2 Å². The second-order valence-corrected chi connectivity index (χ2v) is 4.08. The first-order valence-corrected chi connectivity index (χ1v) is 4.86. The van der Waals surface area contributed by atoms with E-state index in [1.54, 1.807) is 0 Å². The Bertz CT molecular complexity index is 353. The average Bonchev–Trinajstić information content (AvgIpc) is 2.44. The van der Waals surface area contributed by atoms with Crippen LogP contribution in [0.25, 0.3) is 0 Å². The van der Waals surface area contributed by atoms with E-state index in [2.05, 4.69) is 33.8 Å². The van der Waals surface area contributed by atoms with Crippen molar-refractivity contribution in [2.24, 2.45) is 0 Å². The van der Waals surface area contributed by atoms with Gasteiger partial charge in [0.05, 0.1) is 0 Å². The molecule has 0 radical (unpaired) electrons. The van der Waals surface area contributed by atoms with Crippen molar-refractivity contribution in [3.05, 3.63) is 28.3 Å². The Kier molecular flexibility index (Phi) is 1.83. The summed E-state index contributed by atoms with van der Waals surface area (Å²) < 4.78 is 5.80. The average molecular weight is 176 g/mol. The molecule has 0 saturated heterocycles. The van der Waals surface area contributed by atoms with Crippen molar-refractivity contribution in [3.63, 3.8) is 0 Å². The van der Waals surface area contributed by atoms with Gasteiger partial charge in [0, 0.05) is 12.0 Å². The maximum atomic E-state index is 5.80. The van der Waals surface area contributed by atoms with Gasteiger partial charge in [-0.05, 0) is 44.4 Å². The molecule has 1 aliphatic heterocycles. The second kappa shape index (κ2) is 2.76. The van der Waals surface area contributed by atoms with Gasteiger partial charge in [-0.3, -0.25) is 0 Å². The summed E-state index contributed by atoms with van der Waals surface area (Å²) in [7, 11) is 0. The summed E-state index contributed by atoms with van der Waals surface area (Å²) in [5.41, 5.74) is 5.44. The zero-order chi connectivity index (χ0) is 9.59. The lowest BCUT2D eigenvalue weighted by Gasteiger charge is -2.09. The molecule has 1 aromatic rings. The Hall–Kier alpha value is -0.980. The minimum absolute atomic E-state index is 0.356. The number of benzene rings is 1. The highest BCUT2D eigenvalue weighted by molar-refractivity contribution is 5.51. The molecule has 0 fully saturated rings. The molecule has 0 saturated carbocycles. The molecule has 13 heavy (non-hydrogen) atoms. The lowest BCUT2D eigenvalue weighted by molar-refractivity contribution is 0.253. The zero-order valence-corrected chi connectivity index (χ0v) is 8.77. The molecule has 1 aromatic carbocycles. The highest BCUT2D eigenvalue weighted by atomic mass is 16.5. The van der Waals surface area contributed by atoms with Crippen LogP contribution in [0.15, 0.2) is 6.07 Å². The summed E-state index contributed by atoms with van der Waals surface area (Å²) in [5, 5.41) is 0. The summed E-state index contributed by atoms with van der Waals surface area (Å²) in [4.78, 5) is 0. The Balaban J connectivity index is 2.62. The SMILES string of the molecule is Cc1cc(C)c2c(c1C)O[C@H](C)C2. The van der Waals surface area contributed by atoms with Crippen LogP contribution in [-0.2, 0) is 6.42 Å². The lowest BCUT2D eigenvalue weighted by Crippen LogP contribution is -2.05. The number of hydrogen-bond donors (Lipinski definition) is 0. The first kappa shape index (κ1) is 8.61. The Morgan fingerprint density at radius 3 is 2.62 bits per heavy atom. The largest absolute Gasteiger partial charge is 0.490 e. The molecule has 70 valence electrons. The van der Waals surface area contributed by atoms with Gasteiger partial charge >= 0.3 is 0 Å². The third kappa shape index (κ3) is 1.23. The van der Waals surface area contributed by atoms with Crippen molar-refractivity contribution < 1.29 is 4.74 Å². The molecule has 0 bridgehead atoms. The minimum Gasteiger partial charge on any atom is -0.490 e. The standard InChI is InChI=1S/C12H16O/c1-7-5-8(2)11-6-9(3)13-12(11)10(7)4/h5,9H,6H2,1-4H3/t9-/m1/s1. The van der Waals surface area contributed by atoms with Crippen LogP contribution in [-0.4, -0.2) is 6.10 Å². The van der Waals surface area contributed by atoms with E-state index < -0.39 is 0 Å². The van der Waals surface area contributed by atoms with Gasteiger partial charge in [0.2, 0.25) is 0 Å². The fraction of sp³-hybridized carbons (Fsp3) is 0.500. The maximum Gasteiger partial charge on any atom is 0.126 e. The molecule has 0 unspecified atom stereocenters. The van der Waals surface area contributed by atoms with Crippen molar-refractivity contribution in [1.29, 1.82) is 0 Å². The summed E-state index contributed by atoms with van der Waals surface area (Å²) >= 11 is 0. The normalized spacial score (nSPS) is 19.8. The van der Waals surface area contributed by atoms with E-state index in [0.29, 0.717) is 6.10 Å². The lowest BCUT2D eigenvalue weighted by atomic mass is 9.98. The Labute approximate surface area is 79.7 Å². The molecule has 1 aliphatic rings. The van der Waals surface area contributed by atoms with E-state index in [-0.39, 0.29) is 0 Å². The number of hydrogen-bond acceptors (Lipinski definition) is 1. The van der Waals surface area contributed by atoms with Crippen molar-refractivity contribution in [1.82, 2.24) is 0 Å². The molecule has 0 N–H and O–H groups in total. The second-order valence-electron chi connectivity index (χ2n) is 4.08. The molecule has 2 rings (SSSR count). The van der Waals surface area contributed by atoms with Gasteiger partial charge in [0.25, 0.3) is 0 Å². The quantitative estimate of drug-likeness (QED) is 0.590. The van der Waals surface area contributed by atoms with E-state index in [4.69, 9.17) is 4.74 Å². The highest BCUT2D eigenvalue weighted by Gasteiger charge is 2.23. The van der Waals surface area contributed by atoms with Crippen molar-refractivity contribution in [2.45, 2.75) is 40.2 Å². The third-order valence-electron chi connectivity index (χ3n) is 2.93. The van der Waals surface area contributed by atoms with Crippen LogP contribution in [0.3, 0.4) is 0 Å². The summed E-state index contributed by atoms with van der Waals surface area (Å²) in [6, 6.07) is 2.26. The molecular formula is C12H16O. The number of ether oxygens (including phenoxy) is 1. The van der Waals surface area contributed by atoms with Crippen molar-refractivity contribution in [3.8, 4) is 5.75 Å². The van der Waals surface area contributed by atoms with Crippen LogP contribution in [0.4, 0.5) is 0 Å². The van der Waals surface area contributed by atoms with E-state index in [0.717, 1.165) is 12.2 Å². The van der Waals surface area contributed by atoms with E-state index in [1.165, 1.54) is 22.3 Å². The van der Waals surface area contributed by atoms with Crippen molar-refractivity contribution >= 4 is 0 Å². The molecule has 0 aromatic heterocycles. The topological polar surface area (TPSA) is 9.23 Å². The van der Waals surface area contributed by atoms with Gasteiger partial charge < -0.3 is 4.74 Å². The molecule has 1 atom stereocenters. The molecule has 0 spiro atoms. The Morgan fingerprint density at radius 1 is 1.23 bits per heavy atom. The van der Waals surface area contributed by atoms with Crippen LogP contribution in [0.5, 0.6) is 5.75 Å². The molecular weight excluding hydrogens is 160 g/mol. The number of aryl methyl sites for hydroxylation is 2. The zero-order valence-electron chi connectivity index (χ0n) is 8.77. The molecule has 0 amide bonds. The smallest absolute Gasteiger partial charge is 0.126 e. The summed E-state index contributed by atoms with van der Waals surface area (Å²) in [6.07, 6.45) is 1.43. The van der Waals surface area contributed by atoms with Gasteiger partial charge in [0.1, 0.15) is 11.9 Å². The van der Waals surface area contributed by atoms with E-state index in [9.17, 15) is 0 Å². The highest BCUT2D eigenvalue weighted by Crippen LogP contribution is 2.36. The predicted octanol–water partition coefficient (Wildman–Crippen LogP) is 2.94. The van der Waals surface area contributed by atoms with Gasteiger partial charge in [-0.25, -0.2) is 0 Å². The monoisotopic (exact) mass is 176 g/mol. The predicted molar refractivity (Wildman–Crippen MR) is 54.4 cm³/mol. The summed E-state index contributed by atoms with van der Waals surface area (Å²) in [6.45, 7) is 8.60. The number of fused-ring (bicyclic) bond motifs is 1. The number of rotatable bonds is 0. The van der Waals surface area contributed by atoms with Crippen LogP contribution in [0.2, 0.25) is 0 Å². The summed E-state index contributed by atoms with van der Waals surface area (Å²) in [5.74, 6) is 1.14. The fourth-order valence-corrected chi connectivity index (χ4v) is 2.05. The maximum absolute atomic E-state index is 5.80. The van der Waals surface area contributed by atoms with E-state index in [1.807, 2.05) is 0 Å². The van der Waals surface area contributed by atoms with Crippen LogP contribution >= 0.6 is 0 Å². The van der Waals surface area contributed by atoms with Crippen molar-refractivity contribution in [2.75, 3.05) is 0 Å². The first-order chi connectivity index (χ1) is 6.09. The van der Waals surface area contributed by atoms with Gasteiger partial charge in [-0.15, -0.1) is 0 Å². The first-order valence-electron chi connectivity index (χ1n) is 4.86. The van der Waals surface area contributed by atoms with Gasteiger partial charge in [-0.1, -0.05) is 6.07 Å². The molecule has 1 nitrogen and oxygen atoms in total. The molecule has 1 heterocycles.